The average molecular weight is 566 g/mol. The van der Waals surface area contributed by atoms with E-state index in [1.54, 1.807) is 6.20 Å². The molecule has 0 aliphatic carbocycles. The summed E-state index contributed by atoms with van der Waals surface area (Å²) < 4.78 is 19.6. The lowest BCUT2D eigenvalue weighted by Gasteiger charge is -2.32. The van der Waals surface area contributed by atoms with Gasteiger partial charge in [0, 0.05) is 74.5 Å². The van der Waals surface area contributed by atoms with E-state index in [1.165, 1.54) is 5.56 Å². The highest BCUT2D eigenvalue weighted by Crippen LogP contribution is 2.25. The zero-order valence-corrected chi connectivity index (χ0v) is 24.5. The Morgan fingerprint density at radius 3 is 2.40 bits per heavy atom. The number of hydrogen-bond donors (Lipinski definition) is 0. The van der Waals surface area contributed by atoms with Crippen molar-refractivity contribution in [2.24, 2.45) is 0 Å². The van der Waals surface area contributed by atoms with Crippen LogP contribution in [0, 0.1) is 11.8 Å². The molecule has 2 aromatic carbocycles. The number of ether oxygens (including phenoxy) is 2. The van der Waals surface area contributed by atoms with Crippen LogP contribution in [-0.2, 0) is 22.6 Å². The van der Waals surface area contributed by atoms with E-state index in [-0.39, 0.29) is 12.4 Å². The summed E-state index contributed by atoms with van der Waals surface area (Å²) in [6.07, 6.45) is 6.55. The van der Waals surface area contributed by atoms with Crippen molar-refractivity contribution in [2.45, 2.75) is 51.7 Å². The molecule has 2 aliphatic rings. The third kappa shape index (κ3) is 7.36. The first-order valence-electron chi connectivity index (χ1n) is 14.9. The predicted octanol–water partition coefficient (Wildman–Crippen LogP) is 5.34. The summed E-state index contributed by atoms with van der Waals surface area (Å²) in [5.74, 6) is 8.15. The average Bonchev–Trinajstić information content (AvgIpc) is 3.69. The van der Waals surface area contributed by atoms with E-state index < -0.39 is 0 Å². The Labute approximate surface area is 248 Å². The number of likely N-dealkylation sites (N-methyl/N-ethyl adjacent to an activating group) is 1. The van der Waals surface area contributed by atoms with Gasteiger partial charge in [-0.25, -0.2) is 4.98 Å². The third-order valence-electron chi connectivity index (χ3n) is 7.97. The van der Waals surface area contributed by atoms with Crippen LogP contribution in [-0.4, -0.2) is 70.6 Å². The number of nitrogens with zero attached hydrogens (tertiary/aromatic N) is 5. The molecule has 0 spiro atoms. The Kier molecular flexibility index (Phi) is 9.12. The van der Waals surface area contributed by atoms with Gasteiger partial charge in [0.05, 0.1) is 6.54 Å². The predicted molar refractivity (Wildman–Crippen MR) is 162 cm³/mol. The molecular formula is C34H39N5O3. The second-order valence-electron chi connectivity index (χ2n) is 11.3. The molecule has 4 aromatic rings. The molecule has 0 radical (unpaired) electrons. The van der Waals surface area contributed by atoms with E-state index in [4.69, 9.17) is 14.0 Å². The minimum absolute atomic E-state index is 0.164. The molecule has 2 aromatic heterocycles. The van der Waals surface area contributed by atoms with Gasteiger partial charge in [-0.1, -0.05) is 29.1 Å². The molecule has 2 unspecified atom stereocenters. The molecule has 0 amide bonds. The van der Waals surface area contributed by atoms with E-state index in [9.17, 15) is 0 Å². The van der Waals surface area contributed by atoms with Crippen molar-refractivity contribution in [3.63, 3.8) is 0 Å². The molecule has 8 heteroatoms. The number of imidazole rings is 1. The summed E-state index contributed by atoms with van der Waals surface area (Å²) in [6.45, 7) is 8.85. The van der Waals surface area contributed by atoms with Crippen molar-refractivity contribution < 1.29 is 14.0 Å². The lowest BCUT2D eigenvalue weighted by Crippen LogP contribution is -2.43. The van der Waals surface area contributed by atoms with Crippen molar-refractivity contribution in [1.82, 2.24) is 24.5 Å². The zero-order chi connectivity index (χ0) is 28.7. The molecule has 2 saturated heterocycles. The van der Waals surface area contributed by atoms with E-state index in [0.29, 0.717) is 6.54 Å². The van der Waals surface area contributed by atoms with E-state index in [1.807, 2.05) is 48.0 Å². The second kappa shape index (κ2) is 13.5. The third-order valence-corrected chi connectivity index (χ3v) is 7.97. The van der Waals surface area contributed by atoms with Crippen molar-refractivity contribution in [2.75, 3.05) is 39.8 Å². The molecule has 2 fully saturated rings. The van der Waals surface area contributed by atoms with Gasteiger partial charge in [-0.15, -0.1) is 0 Å². The molecule has 0 bridgehead atoms. The fourth-order valence-corrected chi connectivity index (χ4v) is 5.44. The Balaban J connectivity index is 1.04. The number of aromatic nitrogens is 3. The van der Waals surface area contributed by atoms with Gasteiger partial charge in [0.1, 0.15) is 17.6 Å². The molecule has 0 N–H and O–H groups in total. The largest absolute Gasteiger partial charge is 0.356 e. The number of hydrogen-bond acceptors (Lipinski definition) is 7. The highest BCUT2D eigenvalue weighted by molar-refractivity contribution is 5.59. The topological polar surface area (TPSA) is 68.8 Å². The van der Waals surface area contributed by atoms with Gasteiger partial charge in [-0.05, 0) is 75.2 Å². The summed E-state index contributed by atoms with van der Waals surface area (Å²) in [5, 5.41) is 4.31. The van der Waals surface area contributed by atoms with E-state index in [0.717, 1.165) is 92.6 Å². The van der Waals surface area contributed by atoms with Crippen LogP contribution in [0.15, 0.2) is 71.5 Å². The van der Waals surface area contributed by atoms with Crippen LogP contribution in [0.2, 0.25) is 0 Å². The van der Waals surface area contributed by atoms with Gasteiger partial charge in [-0.2, -0.15) is 0 Å². The molecular weight excluding hydrogens is 526 g/mol. The lowest BCUT2D eigenvalue weighted by atomic mass is 10.1. The van der Waals surface area contributed by atoms with Crippen LogP contribution in [0.5, 0.6) is 0 Å². The molecule has 0 saturated carbocycles. The van der Waals surface area contributed by atoms with Crippen LogP contribution in [0.1, 0.15) is 60.5 Å². The summed E-state index contributed by atoms with van der Waals surface area (Å²) in [5.41, 5.74) is 5.10. The van der Waals surface area contributed by atoms with Crippen molar-refractivity contribution >= 4 is 0 Å². The van der Waals surface area contributed by atoms with Gasteiger partial charge in [0.15, 0.2) is 12.1 Å². The Morgan fingerprint density at radius 2 is 1.69 bits per heavy atom. The molecule has 4 heterocycles. The summed E-state index contributed by atoms with van der Waals surface area (Å²) in [6, 6.07) is 18.7. The minimum atomic E-state index is -0.178. The first kappa shape index (κ1) is 28.4. The van der Waals surface area contributed by atoms with Crippen LogP contribution >= 0.6 is 0 Å². The SMILES string of the molecule is CC(OC1CCCCO1)c1nccn1Cc1cc(-c2ccc(C#Cc3ccc(CN4CCN(C)CC4)cc3)cc2)on1. The maximum Gasteiger partial charge on any atom is 0.167 e. The smallest absolute Gasteiger partial charge is 0.167 e. The van der Waals surface area contributed by atoms with Crippen LogP contribution in [0.3, 0.4) is 0 Å². The maximum atomic E-state index is 6.12. The Bertz CT molecular complexity index is 1480. The lowest BCUT2D eigenvalue weighted by molar-refractivity contribution is -0.188. The van der Waals surface area contributed by atoms with Crippen molar-refractivity contribution in [3.8, 4) is 23.2 Å². The van der Waals surface area contributed by atoms with Crippen LogP contribution in [0.4, 0.5) is 0 Å². The standard InChI is InChI=1S/C34H39N5O3/c1-26(41-33-5-3-4-22-40-33)34-35-16-17-39(34)25-31-23-32(42-36-31)30-14-12-28(13-15-30)7-6-27-8-10-29(11-9-27)24-38-20-18-37(2)19-21-38/h8-17,23,26,33H,3-5,18-22,24-25H2,1-2H3. The number of benzene rings is 2. The Hall–Kier alpha value is -3.74. The number of rotatable bonds is 8. The van der Waals surface area contributed by atoms with Crippen molar-refractivity contribution in [3.05, 3.63) is 95.2 Å². The fourth-order valence-electron chi connectivity index (χ4n) is 5.44. The fraction of sp³-hybridized carbons (Fsp3) is 0.412. The highest BCUT2D eigenvalue weighted by Gasteiger charge is 2.21. The summed E-state index contributed by atoms with van der Waals surface area (Å²) in [7, 11) is 2.19. The Morgan fingerprint density at radius 1 is 0.952 bits per heavy atom. The maximum absolute atomic E-state index is 6.12. The first-order chi connectivity index (χ1) is 20.6. The summed E-state index contributed by atoms with van der Waals surface area (Å²) >= 11 is 0. The van der Waals surface area contributed by atoms with Gasteiger partial charge < -0.3 is 23.5 Å². The van der Waals surface area contributed by atoms with E-state index in [2.05, 4.69) is 63.1 Å². The normalized spacial score (nSPS) is 18.9. The molecule has 6 rings (SSSR count). The van der Waals surface area contributed by atoms with Crippen LogP contribution < -0.4 is 0 Å². The molecule has 2 aliphatic heterocycles. The van der Waals surface area contributed by atoms with Crippen LogP contribution in [0.25, 0.3) is 11.3 Å². The van der Waals surface area contributed by atoms with Crippen molar-refractivity contribution in [1.29, 1.82) is 0 Å². The molecule has 8 nitrogen and oxygen atoms in total. The number of piperazine rings is 1. The first-order valence-corrected chi connectivity index (χ1v) is 14.9. The van der Waals surface area contributed by atoms with Gasteiger partial charge in [0.25, 0.3) is 0 Å². The second-order valence-corrected chi connectivity index (χ2v) is 11.3. The van der Waals surface area contributed by atoms with E-state index >= 15 is 0 Å². The monoisotopic (exact) mass is 565 g/mol. The quantitative estimate of drug-likeness (QED) is 0.267. The van der Waals surface area contributed by atoms with Gasteiger partial charge >= 0.3 is 0 Å². The molecule has 218 valence electrons. The molecule has 42 heavy (non-hydrogen) atoms. The van der Waals surface area contributed by atoms with Gasteiger partial charge in [0.2, 0.25) is 0 Å². The van der Waals surface area contributed by atoms with Gasteiger partial charge in [-0.3, -0.25) is 4.90 Å². The summed E-state index contributed by atoms with van der Waals surface area (Å²) in [4.78, 5) is 9.43. The zero-order valence-electron chi connectivity index (χ0n) is 24.5. The molecule has 2 atom stereocenters. The minimum Gasteiger partial charge on any atom is -0.356 e. The highest BCUT2D eigenvalue weighted by atomic mass is 16.7.